The molecule has 1 unspecified atom stereocenters. The predicted molar refractivity (Wildman–Crippen MR) is 107 cm³/mol. The molecule has 1 aromatic carbocycles. The van der Waals surface area contributed by atoms with E-state index in [1.165, 1.54) is 4.57 Å². The van der Waals surface area contributed by atoms with E-state index >= 15 is 0 Å². The number of ether oxygens (including phenoxy) is 1. The first-order valence-corrected chi connectivity index (χ1v) is 9.51. The van der Waals surface area contributed by atoms with E-state index in [-0.39, 0.29) is 19.4 Å². The summed E-state index contributed by atoms with van der Waals surface area (Å²) in [5.41, 5.74) is 2.37. The van der Waals surface area contributed by atoms with Gasteiger partial charge in [0.25, 0.3) is 0 Å². The quantitative estimate of drug-likeness (QED) is 0.812. The zero-order chi connectivity index (χ0) is 20.1. The number of hydrogen-bond acceptors (Lipinski definition) is 4. The molecular weight excluding hydrogens is 346 g/mol. The SMILES string of the molecule is CC.COCCn1c(=O)n(C2CCC(=O)NC2=O)c2ccc(C(C)C)cc21.[HH]. The van der Waals surface area contributed by atoms with E-state index in [1.54, 1.807) is 11.7 Å². The van der Waals surface area contributed by atoms with Gasteiger partial charge in [0.2, 0.25) is 11.8 Å². The second-order valence-electron chi connectivity index (χ2n) is 6.67. The molecule has 1 aliphatic rings. The number of imide groups is 1. The van der Waals surface area contributed by atoms with Gasteiger partial charge >= 0.3 is 5.69 Å². The monoisotopic (exact) mass is 377 g/mol. The molecule has 7 heteroatoms. The number of rotatable bonds is 5. The Morgan fingerprint density at radius 3 is 2.52 bits per heavy atom. The molecule has 1 aliphatic heterocycles. The van der Waals surface area contributed by atoms with Crippen LogP contribution in [0.25, 0.3) is 11.0 Å². The summed E-state index contributed by atoms with van der Waals surface area (Å²) in [5.74, 6) is -0.383. The molecule has 2 heterocycles. The Morgan fingerprint density at radius 2 is 1.93 bits per heavy atom. The fourth-order valence-electron chi connectivity index (χ4n) is 3.28. The van der Waals surface area contributed by atoms with E-state index in [1.807, 2.05) is 32.0 Å². The van der Waals surface area contributed by atoms with Crippen molar-refractivity contribution in [1.29, 1.82) is 0 Å². The van der Waals surface area contributed by atoms with E-state index in [9.17, 15) is 14.4 Å². The van der Waals surface area contributed by atoms with Crippen molar-refractivity contribution in [3.8, 4) is 0 Å². The maximum absolute atomic E-state index is 13.0. The first kappa shape index (κ1) is 20.9. The Bertz CT molecular complexity index is 885. The molecule has 0 spiro atoms. The minimum Gasteiger partial charge on any atom is -0.383 e. The standard InChI is InChI=1S/C18H23N3O4.C2H6.H2/c1-11(2)12-4-5-13-15(10-12)20(8-9-25-3)18(24)21(13)14-6-7-16(22)19-17(14)23;1-2;/h4-5,10-11,14H,6-9H2,1-3H3,(H,19,22,23);1-2H3;1H. The number of amides is 2. The summed E-state index contributed by atoms with van der Waals surface area (Å²) in [6, 6.07) is 5.20. The molecule has 1 N–H and O–H groups in total. The van der Waals surface area contributed by atoms with Crippen LogP contribution in [0.2, 0.25) is 0 Å². The lowest BCUT2D eigenvalue weighted by Crippen LogP contribution is -2.44. The third-order valence-corrected chi connectivity index (χ3v) is 4.69. The molecule has 1 aromatic heterocycles. The molecule has 7 nitrogen and oxygen atoms in total. The van der Waals surface area contributed by atoms with E-state index in [2.05, 4.69) is 19.2 Å². The summed E-state index contributed by atoms with van der Waals surface area (Å²) in [6.45, 7) is 9.00. The molecule has 0 aliphatic carbocycles. The Morgan fingerprint density at radius 1 is 1.22 bits per heavy atom. The zero-order valence-electron chi connectivity index (χ0n) is 16.7. The highest BCUT2D eigenvalue weighted by Crippen LogP contribution is 2.26. The van der Waals surface area contributed by atoms with Crippen molar-refractivity contribution < 1.29 is 15.8 Å². The van der Waals surface area contributed by atoms with Crippen LogP contribution in [0.1, 0.15) is 59.5 Å². The van der Waals surface area contributed by atoms with Gasteiger partial charge in [0, 0.05) is 15.0 Å². The predicted octanol–water partition coefficient (Wildman–Crippen LogP) is 2.82. The number of nitrogens with one attached hydrogen (secondary N) is 1. The van der Waals surface area contributed by atoms with Crippen molar-refractivity contribution in [3.05, 3.63) is 34.2 Å². The van der Waals surface area contributed by atoms with Crippen molar-refractivity contribution in [2.24, 2.45) is 0 Å². The van der Waals surface area contributed by atoms with Gasteiger partial charge in [-0.3, -0.25) is 24.0 Å². The van der Waals surface area contributed by atoms with E-state index < -0.39 is 11.9 Å². The molecule has 2 aromatic rings. The summed E-state index contributed by atoms with van der Waals surface area (Å²) >= 11 is 0. The van der Waals surface area contributed by atoms with Crippen LogP contribution in [0.15, 0.2) is 23.0 Å². The normalized spacial score (nSPS) is 17.0. The van der Waals surface area contributed by atoms with Crippen molar-refractivity contribution in [3.63, 3.8) is 0 Å². The maximum Gasteiger partial charge on any atom is 0.329 e. The van der Waals surface area contributed by atoms with E-state index in [0.29, 0.717) is 31.0 Å². The Labute approximate surface area is 160 Å². The van der Waals surface area contributed by atoms with Gasteiger partial charge in [-0.05, 0) is 30.0 Å². The third kappa shape index (κ3) is 4.13. The summed E-state index contributed by atoms with van der Waals surface area (Å²) in [5, 5.41) is 2.33. The van der Waals surface area contributed by atoms with Crippen LogP contribution in [0.4, 0.5) is 0 Å². The average molecular weight is 377 g/mol. The van der Waals surface area contributed by atoms with E-state index in [0.717, 1.165) is 11.1 Å². The molecule has 0 saturated carbocycles. The van der Waals surface area contributed by atoms with Crippen molar-refractivity contribution in [2.75, 3.05) is 13.7 Å². The fraction of sp³-hybridized carbons (Fsp3) is 0.550. The molecule has 1 saturated heterocycles. The highest BCUT2D eigenvalue weighted by Gasteiger charge is 2.31. The average Bonchev–Trinajstić information content (AvgIpc) is 2.92. The molecule has 3 rings (SSSR count). The lowest BCUT2D eigenvalue weighted by atomic mass is 10.0. The largest absolute Gasteiger partial charge is 0.383 e. The number of carbonyl (C=O) groups excluding carboxylic acids is 2. The number of piperidine rings is 1. The van der Waals surface area contributed by atoms with Gasteiger partial charge < -0.3 is 4.74 Å². The van der Waals surface area contributed by atoms with Crippen LogP contribution < -0.4 is 11.0 Å². The fourth-order valence-corrected chi connectivity index (χ4v) is 3.28. The Hall–Kier alpha value is -2.41. The summed E-state index contributed by atoms with van der Waals surface area (Å²) < 4.78 is 8.28. The molecule has 1 atom stereocenters. The number of carbonyl (C=O) groups is 2. The number of imidazole rings is 1. The first-order valence-electron chi connectivity index (χ1n) is 9.51. The Kier molecular flexibility index (Phi) is 6.96. The van der Waals surface area contributed by atoms with Crippen LogP contribution in [-0.2, 0) is 20.9 Å². The van der Waals surface area contributed by atoms with Crippen LogP contribution in [0.5, 0.6) is 0 Å². The molecular formula is C20H31N3O4. The summed E-state index contributed by atoms with van der Waals surface area (Å²) in [7, 11) is 1.59. The smallest absolute Gasteiger partial charge is 0.329 e. The minimum absolute atomic E-state index is 0. The van der Waals surface area contributed by atoms with Gasteiger partial charge in [-0.15, -0.1) is 0 Å². The van der Waals surface area contributed by atoms with Gasteiger partial charge in [-0.25, -0.2) is 4.79 Å². The number of nitrogens with zero attached hydrogens (tertiary/aromatic N) is 2. The highest BCUT2D eigenvalue weighted by atomic mass is 16.5. The lowest BCUT2D eigenvalue weighted by Gasteiger charge is -2.22. The number of methoxy groups -OCH3 is 1. The number of aromatic nitrogens is 2. The van der Waals surface area contributed by atoms with Gasteiger partial charge in [0.15, 0.2) is 0 Å². The molecule has 1 fully saturated rings. The second kappa shape index (κ2) is 8.99. The molecule has 27 heavy (non-hydrogen) atoms. The second-order valence-corrected chi connectivity index (χ2v) is 6.67. The number of benzene rings is 1. The third-order valence-electron chi connectivity index (χ3n) is 4.69. The van der Waals surface area contributed by atoms with Crippen LogP contribution in [0.3, 0.4) is 0 Å². The molecule has 150 valence electrons. The molecule has 0 bridgehead atoms. The lowest BCUT2D eigenvalue weighted by molar-refractivity contribution is -0.135. The molecule has 2 amide bonds. The van der Waals surface area contributed by atoms with Gasteiger partial charge in [0.1, 0.15) is 6.04 Å². The minimum atomic E-state index is -0.665. The Balaban J connectivity index is 0.00000127. The van der Waals surface area contributed by atoms with Crippen molar-refractivity contribution in [1.82, 2.24) is 14.5 Å². The summed E-state index contributed by atoms with van der Waals surface area (Å²) in [6.07, 6.45) is 0.567. The maximum atomic E-state index is 13.0. The van der Waals surface area contributed by atoms with Gasteiger partial charge in [-0.2, -0.15) is 0 Å². The number of hydrogen-bond donors (Lipinski definition) is 1. The van der Waals surface area contributed by atoms with Crippen molar-refractivity contribution >= 4 is 22.8 Å². The topological polar surface area (TPSA) is 82.3 Å². The first-order chi connectivity index (χ1) is 12.9. The highest BCUT2D eigenvalue weighted by molar-refractivity contribution is 6.00. The van der Waals surface area contributed by atoms with Crippen LogP contribution in [-0.4, -0.2) is 34.7 Å². The molecule has 0 radical (unpaired) electrons. The number of fused-ring (bicyclic) bond motifs is 1. The van der Waals surface area contributed by atoms with Crippen molar-refractivity contribution in [2.45, 2.75) is 59.0 Å². The summed E-state index contributed by atoms with van der Waals surface area (Å²) in [4.78, 5) is 36.7. The van der Waals surface area contributed by atoms with Crippen LogP contribution >= 0.6 is 0 Å². The van der Waals surface area contributed by atoms with Gasteiger partial charge in [-0.1, -0.05) is 33.8 Å². The zero-order valence-corrected chi connectivity index (χ0v) is 16.7. The van der Waals surface area contributed by atoms with Gasteiger partial charge in [0.05, 0.1) is 24.2 Å². The van der Waals surface area contributed by atoms with Crippen LogP contribution in [0, 0.1) is 0 Å². The van der Waals surface area contributed by atoms with E-state index in [4.69, 9.17) is 4.74 Å².